The van der Waals surface area contributed by atoms with Crippen LogP contribution in [0.2, 0.25) is 0 Å². The number of carbonyl (C=O) groups excluding carboxylic acids is 1. The van der Waals surface area contributed by atoms with Crippen LogP contribution >= 0.6 is 0 Å². The van der Waals surface area contributed by atoms with Crippen molar-refractivity contribution in [1.82, 2.24) is 19.9 Å². The summed E-state index contributed by atoms with van der Waals surface area (Å²) in [5.41, 5.74) is 3.11. The van der Waals surface area contributed by atoms with Gasteiger partial charge in [-0.05, 0) is 43.4 Å². The fourth-order valence-corrected chi connectivity index (χ4v) is 3.86. The fourth-order valence-electron chi connectivity index (χ4n) is 3.86. The van der Waals surface area contributed by atoms with Gasteiger partial charge in [-0.1, -0.05) is 0 Å². The van der Waals surface area contributed by atoms with Crippen LogP contribution in [-0.2, 0) is 4.79 Å². The summed E-state index contributed by atoms with van der Waals surface area (Å²) in [7, 11) is 0. The summed E-state index contributed by atoms with van der Waals surface area (Å²) in [4.78, 5) is 27.1. The van der Waals surface area contributed by atoms with Gasteiger partial charge in [0, 0.05) is 30.8 Å². The Morgan fingerprint density at radius 3 is 2.96 bits per heavy atom. The van der Waals surface area contributed by atoms with Crippen molar-refractivity contribution in [2.45, 2.75) is 31.6 Å². The lowest BCUT2D eigenvalue weighted by molar-refractivity contribution is -0.134. The molecule has 1 amide bonds. The Balaban J connectivity index is 1.47. The molecule has 1 saturated heterocycles. The highest BCUT2D eigenvalue weighted by Crippen LogP contribution is 2.34. The minimum atomic E-state index is 0.125. The molecule has 0 radical (unpaired) electrons. The smallest absolute Gasteiger partial charge is 0.223 e. The number of piperidine rings is 1. The zero-order valence-electron chi connectivity index (χ0n) is 14.4. The van der Waals surface area contributed by atoms with E-state index in [-0.39, 0.29) is 11.8 Å². The van der Waals surface area contributed by atoms with Crippen LogP contribution in [0.1, 0.15) is 43.0 Å². The number of aromatic amines is 1. The van der Waals surface area contributed by atoms with Crippen molar-refractivity contribution < 1.29 is 4.79 Å². The van der Waals surface area contributed by atoms with Gasteiger partial charge in [-0.15, -0.1) is 0 Å². The Hall–Kier alpha value is -2.94. The van der Waals surface area contributed by atoms with Crippen molar-refractivity contribution in [3.63, 3.8) is 0 Å². The topological polar surface area (TPSA) is 85.7 Å². The summed E-state index contributed by atoms with van der Waals surface area (Å²) in [5, 5.41) is 10.0. The third-order valence-corrected chi connectivity index (χ3v) is 5.55. The first-order valence-corrected chi connectivity index (χ1v) is 9.17. The summed E-state index contributed by atoms with van der Waals surface area (Å²) in [6.45, 7) is 1.74. The van der Waals surface area contributed by atoms with E-state index in [1.54, 1.807) is 12.3 Å². The highest BCUT2D eigenvalue weighted by atomic mass is 16.2. The Kier molecular flexibility index (Phi) is 3.42. The van der Waals surface area contributed by atoms with Crippen LogP contribution < -0.4 is 0 Å². The number of hydrogen-bond acceptors (Lipinski definition) is 4. The predicted molar refractivity (Wildman–Crippen MR) is 97.4 cm³/mol. The maximum Gasteiger partial charge on any atom is 0.223 e. The van der Waals surface area contributed by atoms with Crippen molar-refractivity contribution in [3.05, 3.63) is 35.8 Å². The van der Waals surface area contributed by atoms with Gasteiger partial charge < -0.3 is 9.88 Å². The summed E-state index contributed by atoms with van der Waals surface area (Å²) >= 11 is 0. The average molecular weight is 345 g/mol. The molecule has 6 heteroatoms. The number of pyridine rings is 1. The van der Waals surface area contributed by atoms with Gasteiger partial charge >= 0.3 is 0 Å². The van der Waals surface area contributed by atoms with Gasteiger partial charge in [0.05, 0.1) is 34.4 Å². The quantitative estimate of drug-likeness (QED) is 0.790. The van der Waals surface area contributed by atoms with Gasteiger partial charge in [0.1, 0.15) is 5.82 Å². The first kappa shape index (κ1) is 15.3. The van der Waals surface area contributed by atoms with E-state index < -0.39 is 0 Å². The lowest BCUT2D eigenvalue weighted by Crippen LogP contribution is -2.39. The van der Waals surface area contributed by atoms with E-state index in [1.807, 2.05) is 17.0 Å². The maximum atomic E-state index is 12.5. The molecule has 0 bridgehead atoms. The second kappa shape index (κ2) is 5.80. The van der Waals surface area contributed by atoms with Gasteiger partial charge in [-0.25, -0.2) is 4.98 Å². The number of likely N-dealkylation sites (tertiary alicyclic amines) is 1. The second-order valence-electron chi connectivity index (χ2n) is 7.46. The SMILES string of the molecule is N#Cc1ccc2ncc3[nH]c(C4CCN(CC5CC5)C(=O)C4)nc3c2c1. The number of nitrogens with zero attached hydrogens (tertiary/aromatic N) is 4. The van der Waals surface area contributed by atoms with Gasteiger partial charge in [0.15, 0.2) is 0 Å². The van der Waals surface area contributed by atoms with Crippen LogP contribution in [0.25, 0.3) is 21.9 Å². The summed E-state index contributed by atoms with van der Waals surface area (Å²) in [6.07, 6.45) is 5.77. The minimum Gasteiger partial charge on any atom is -0.342 e. The standard InChI is InChI=1S/C20H19N5O/c21-9-13-3-4-16-15(7-13)19-17(10-22-16)23-20(24-19)14-5-6-25(18(26)8-14)11-12-1-2-12/h3-4,7,10,12,14H,1-2,5-6,8,11H2,(H,23,24). The van der Waals surface area contributed by atoms with Crippen molar-refractivity contribution >= 4 is 27.8 Å². The molecule has 1 N–H and O–H groups in total. The van der Waals surface area contributed by atoms with Crippen molar-refractivity contribution in [3.8, 4) is 6.07 Å². The monoisotopic (exact) mass is 345 g/mol. The number of H-pyrrole nitrogens is 1. The zero-order chi connectivity index (χ0) is 17.7. The van der Waals surface area contributed by atoms with Gasteiger partial charge in [-0.3, -0.25) is 9.78 Å². The average Bonchev–Trinajstić information content (AvgIpc) is 3.37. The molecule has 3 aromatic rings. The molecule has 3 heterocycles. The highest BCUT2D eigenvalue weighted by molar-refractivity contribution is 6.02. The number of fused-ring (bicyclic) bond motifs is 3. The van der Waals surface area contributed by atoms with Gasteiger partial charge in [0.25, 0.3) is 0 Å². The number of rotatable bonds is 3. The molecule has 1 unspecified atom stereocenters. The Bertz CT molecular complexity index is 1060. The fraction of sp³-hybridized carbons (Fsp3) is 0.400. The number of benzene rings is 1. The number of amides is 1. The molecule has 1 saturated carbocycles. The van der Waals surface area contributed by atoms with Crippen LogP contribution in [-0.4, -0.2) is 38.8 Å². The van der Waals surface area contributed by atoms with Crippen LogP contribution in [0.5, 0.6) is 0 Å². The van der Waals surface area contributed by atoms with E-state index in [0.717, 1.165) is 53.2 Å². The molecule has 1 aliphatic heterocycles. The van der Waals surface area contributed by atoms with E-state index >= 15 is 0 Å². The molecule has 1 atom stereocenters. The number of carbonyl (C=O) groups is 1. The molecule has 5 rings (SSSR count). The largest absolute Gasteiger partial charge is 0.342 e. The van der Waals surface area contributed by atoms with E-state index in [1.165, 1.54) is 12.8 Å². The predicted octanol–water partition coefficient (Wildman–Crippen LogP) is 3.10. The number of imidazole rings is 1. The number of aromatic nitrogens is 3. The van der Waals surface area contributed by atoms with E-state index in [9.17, 15) is 4.79 Å². The van der Waals surface area contributed by atoms with Crippen molar-refractivity contribution in [2.24, 2.45) is 5.92 Å². The Labute approximate surface area is 150 Å². The third-order valence-electron chi connectivity index (χ3n) is 5.55. The molecular weight excluding hydrogens is 326 g/mol. The first-order valence-electron chi connectivity index (χ1n) is 9.17. The lowest BCUT2D eigenvalue weighted by Gasteiger charge is -2.31. The van der Waals surface area contributed by atoms with E-state index in [0.29, 0.717) is 12.0 Å². The van der Waals surface area contributed by atoms with Crippen molar-refractivity contribution in [2.75, 3.05) is 13.1 Å². The molecule has 130 valence electrons. The van der Waals surface area contributed by atoms with Gasteiger partial charge in [0.2, 0.25) is 5.91 Å². The van der Waals surface area contributed by atoms with Crippen LogP contribution in [0.4, 0.5) is 0 Å². The van der Waals surface area contributed by atoms with Crippen LogP contribution in [0, 0.1) is 17.2 Å². The first-order chi connectivity index (χ1) is 12.7. The summed E-state index contributed by atoms with van der Waals surface area (Å²) < 4.78 is 0. The summed E-state index contributed by atoms with van der Waals surface area (Å²) in [6, 6.07) is 7.62. The highest BCUT2D eigenvalue weighted by Gasteiger charge is 2.32. The molecule has 2 aliphatic rings. The number of nitrogens with one attached hydrogen (secondary N) is 1. The summed E-state index contributed by atoms with van der Waals surface area (Å²) in [5.74, 6) is 1.95. The molecule has 2 aromatic heterocycles. The van der Waals surface area contributed by atoms with E-state index in [4.69, 9.17) is 10.2 Å². The normalized spacial score (nSPS) is 20.7. The second-order valence-corrected chi connectivity index (χ2v) is 7.46. The molecule has 0 spiro atoms. The Morgan fingerprint density at radius 2 is 2.19 bits per heavy atom. The number of hydrogen-bond donors (Lipinski definition) is 1. The molecule has 2 fully saturated rings. The molecule has 1 aliphatic carbocycles. The zero-order valence-corrected chi connectivity index (χ0v) is 14.4. The molecule has 6 nitrogen and oxygen atoms in total. The van der Waals surface area contributed by atoms with Gasteiger partial charge in [-0.2, -0.15) is 5.26 Å². The van der Waals surface area contributed by atoms with Crippen LogP contribution in [0.3, 0.4) is 0 Å². The molecule has 26 heavy (non-hydrogen) atoms. The minimum absolute atomic E-state index is 0.125. The van der Waals surface area contributed by atoms with E-state index in [2.05, 4.69) is 16.0 Å². The lowest BCUT2D eigenvalue weighted by atomic mass is 9.95. The Morgan fingerprint density at radius 1 is 1.31 bits per heavy atom. The molecule has 1 aromatic carbocycles. The number of nitriles is 1. The third kappa shape index (κ3) is 2.60. The van der Waals surface area contributed by atoms with Crippen molar-refractivity contribution in [1.29, 1.82) is 5.26 Å². The molecular formula is C20H19N5O. The van der Waals surface area contributed by atoms with Crippen LogP contribution in [0.15, 0.2) is 24.4 Å². The maximum absolute atomic E-state index is 12.5.